The summed E-state index contributed by atoms with van der Waals surface area (Å²) in [5, 5.41) is 0. The van der Waals surface area contributed by atoms with Crippen LogP contribution in [0.3, 0.4) is 0 Å². The molecule has 0 aromatic heterocycles. The van der Waals surface area contributed by atoms with Gasteiger partial charge in [0.1, 0.15) is 5.75 Å². The van der Waals surface area contributed by atoms with E-state index < -0.39 is 0 Å². The summed E-state index contributed by atoms with van der Waals surface area (Å²) >= 11 is 0. The summed E-state index contributed by atoms with van der Waals surface area (Å²) in [4.78, 5) is 0. The number of hydrogen-bond acceptors (Lipinski definition) is 2. The molecule has 62 valence electrons. The molecule has 1 aromatic rings. The van der Waals surface area contributed by atoms with Gasteiger partial charge in [-0.2, -0.15) is 0 Å². The number of ether oxygens (including phenoxy) is 1. The minimum Gasteiger partial charge on any atom is -0.497 e. The number of rotatable bonds is 2. The molecule has 0 unspecified atom stereocenters. The Kier molecular flexibility index (Phi) is 4.30. The zero-order valence-electron chi connectivity index (χ0n) is 6.00. The molecule has 0 spiro atoms. The van der Waals surface area contributed by atoms with Gasteiger partial charge in [-0.3, -0.25) is 0 Å². The van der Waals surface area contributed by atoms with Crippen molar-refractivity contribution in [3.8, 4) is 5.75 Å². The quantitative estimate of drug-likeness (QED) is 0.703. The molecule has 0 aliphatic carbocycles. The molecule has 0 saturated carbocycles. The molecule has 0 atom stereocenters. The third kappa shape index (κ3) is 2.60. The Hall–Kier alpha value is -1.02. The highest BCUT2D eigenvalue weighted by Gasteiger charge is 1.90. The van der Waals surface area contributed by atoms with E-state index in [4.69, 9.17) is 10.5 Å². The molecular formula is C9H15NO. The molecule has 0 bridgehead atoms. The van der Waals surface area contributed by atoms with Crippen LogP contribution in [0, 0.1) is 0 Å². The second-order valence-electron chi connectivity index (χ2n) is 2.06. The van der Waals surface area contributed by atoms with Crippen molar-refractivity contribution in [1.82, 2.24) is 0 Å². The molecule has 0 saturated heterocycles. The molecule has 0 amide bonds. The monoisotopic (exact) mass is 153 g/mol. The van der Waals surface area contributed by atoms with Crippen LogP contribution < -0.4 is 10.5 Å². The molecule has 0 radical (unpaired) electrons. The Bertz CT molecular complexity index is 191. The van der Waals surface area contributed by atoms with Crippen LogP contribution in [0.4, 0.5) is 0 Å². The van der Waals surface area contributed by atoms with Gasteiger partial charge < -0.3 is 10.5 Å². The standard InChI is InChI=1S/C8H11NO.CH4/c1-10-8-4-2-3-7(5-8)6-9;/h2-5H,6,9H2,1H3;1H4. The highest BCUT2D eigenvalue weighted by Crippen LogP contribution is 2.11. The van der Waals surface area contributed by atoms with Gasteiger partial charge in [0.25, 0.3) is 0 Å². The molecule has 11 heavy (non-hydrogen) atoms. The van der Waals surface area contributed by atoms with Crippen molar-refractivity contribution < 1.29 is 4.74 Å². The normalized spacial score (nSPS) is 8.55. The van der Waals surface area contributed by atoms with E-state index in [0.29, 0.717) is 6.54 Å². The largest absolute Gasteiger partial charge is 0.497 e. The Morgan fingerprint density at radius 3 is 2.73 bits per heavy atom. The van der Waals surface area contributed by atoms with Gasteiger partial charge >= 0.3 is 0 Å². The summed E-state index contributed by atoms with van der Waals surface area (Å²) < 4.78 is 5.00. The van der Waals surface area contributed by atoms with Crippen LogP contribution in [0.2, 0.25) is 0 Å². The van der Waals surface area contributed by atoms with Gasteiger partial charge in [0, 0.05) is 6.54 Å². The van der Waals surface area contributed by atoms with Crippen LogP contribution >= 0.6 is 0 Å². The summed E-state index contributed by atoms with van der Waals surface area (Å²) in [5.41, 5.74) is 6.51. The van der Waals surface area contributed by atoms with Gasteiger partial charge in [-0.05, 0) is 17.7 Å². The maximum Gasteiger partial charge on any atom is 0.119 e. The Morgan fingerprint density at radius 2 is 2.18 bits per heavy atom. The molecule has 1 rings (SSSR count). The van der Waals surface area contributed by atoms with Crippen molar-refractivity contribution in [3.05, 3.63) is 29.8 Å². The molecular weight excluding hydrogens is 138 g/mol. The van der Waals surface area contributed by atoms with Crippen molar-refractivity contribution in [1.29, 1.82) is 0 Å². The predicted molar refractivity (Wildman–Crippen MR) is 47.6 cm³/mol. The van der Waals surface area contributed by atoms with Gasteiger partial charge in [-0.1, -0.05) is 19.6 Å². The molecule has 0 fully saturated rings. The van der Waals surface area contributed by atoms with E-state index in [1.165, 1.54) is 0 Å². The van der Waals surface area contributed by atoms with Crippen molar-refractivity contribution in [2.24, 2.45) is 5.73 Å². The molecule has 0 aliphatic heterocycles. The summed E-state index contributed by atoms with van der Waals surface area (Å²) in [6.07, 6.45) is 0. The minimum absolute atomic E-state index is 0. The molecule has 1 aromatic carbocycles. The van der Waals surface area contributed by atoms with Crippen LogP contribution in [0.5, 0.6) is 5.75 Å². The van der Waals surface area contributed by atoms with Crippen LogP contribution in [-0.2, 0) is 6.54 Å². The van der Waals surface area contributed by atoms with E-state index in [1.54, 1.807) is 7.11 Å². The zero-order chi connectivity index (χ0) is 7.40. The highest BCUT2D eigenvalue weighted by atomic mass is 16.5. The Balaban J connectivity index is 0.000001000. The lowest BCUT2D eigenvalue weighted by atomic mass is 10.2. The lowest BCUT2D eigenvalue weighted by Crippen LogP contribution is -1.95. The van der Waals surface area contributed by atoms with Crippen LogP contribution in [0.25, 0.3) is 0 Å². The Labute approximate surface area is 68.0 Å². The molecule has 2 nitrogen and oxygen atoms in total. The van der Waals surface area contributed by atoms with Crippen molar-refractivity contribution in [2.45, 2.75) is 14.0 Å². The lowest BCUT2D eigenvalue weighted by molar-refractivity contribution is 0.414. The van der Waals surface area contributed by atoms with Crippen molar-refractivity contribution in [2.75, 3.05) is 7.11 Å². The lowest BCUT2D eigenvalue weighted by Gasteiger charge is -2.00. The second-order valence-corrected chi connectivity index (χ2v) is 2.06. The fourth-order valence-electron chi connectivity index (χ4n) is 0.799. The molecule has 2 heteroatoms. The van der Waals surface area contributed by atoms with E-state index in [9.17, 15) is 0 Å². The first-order valence-corrected chi connectivity index (χ1v) is 3.20. The highest BCUT2D eigenvalue weighted by molar-refractivity contribution is 5.27. The third-order valence-electron chi connectivity index (χ3n) is 1.37. The van der Waals surface area contributed by atoms with Gasteiger partial charge in [0.15, 0.2) is 0 Å². The first-order valence-electron chi connectivity index (χ1n) is 3.20. The van der Waals surface area contributed by atoms with Crippen molar-refractivity contribution in [3.63, 3.8) is 0 Å². The van der Waals surface area contributed by atoms with Crippen LogP contribution in [-0.4, -0.2) is 7.11 Å². The second kappa shape index (κ2) is 4.74. The fraction of sp³-hybridized carbons (Fsp3) is 0.333. The van der Waals surface area contributed by atoms with Gasteiger partial charge in [-0.25, -0.2) is 0 Å². The van der Waals surface area contributed by atoms with Gasteiger partial charge in [0.2, 0.25) is 0 Å². The average Bonchev–Trinajstić information content (AvgIpc) is 2.05. The summed E-state index contributed by atoms with van der Waals surface area (Å²) in [6.45, 7) is 0.567. The fourth-order valence-corrected chi connectivity index (χ4v) is 0.799. The topological polar surface area (TPSA) is 35.2 Å². The van der Waals surface area contributed by atoms with E-state index in [2.05, 4.69) is 0 Å². The van der Waals surface area contributed by atoms with E-state index in [0.717, 1.165) is 11.3 Å². The summed E-state index contributed by atoms with van der Waals surface area (Å²) in [7, 11) is 1.65. The van der Waals surface area contributed by atoms with E-state index in [1.807, 2.05) is 24.3 Å². The zero-order valence-corrected chi connectivity index (χ0v) is 6.00. The number of methoxy groups -OCH3 is 1. The van der Waals surface area contributed by atoms with E-state index in [-0.39, 0.29) is 7.43 Å². The summed E-state index contributed by atoms with van der Waals surface area (Å²) in [6, 6.07) is 7.74. The SMILES string of the molecule is C.COc1cccc(CN)c1. The van der Waals surface area contributed by atoms with Crippen LogP contribution in [0.15, 0.2) is 24.3 Å². The number of hydrogen-bond donors (Lipinski definition) is 1. The summed E-state index contributed by atoms with van der Waals surface area (Å²) in [5.74, 6) is 0.864. The Morgan fingerprint density at radius 1 is 1.45 bits per heavy atom. The number of benzene rings is 1. The minimum atomic E-state index is 0. The molecule has 2 N–H and O–H groups in total. The maximum atomic E-state index is 5.42. The smallest absolute Gasteiger partial charge is 0.119 e. The first-order chi connectivity index (χ1) is 4.86. The predicted octanol–water partition coefficient (Wildman–Crippen LogP) is 1.79. The molecule has 0 heterocycles. The van der Waals surface area contributed by atoms with Gasteiger partial charge in [0.05, 0.1) is 7.11 Å². The van der Waals surface area contributed by atoms with Crippen molar-refractivity contribution >= 4 is 0 Å². The average molecular weight is 153 g/mol. The van der Waals surface area contributed by atoms with Gasteiger partial charge in [-0.15, -0.1) is 0 Å². The molecule has 0 aliphatic rings. The van der Waals surface area contributed by atoms with E-state index >= 15 is 0 Å². The number of nitrogens with two attached hydrogens (primary N) is 1. The maximum absolute atomic E-state index is 5.42. The first kappa shape index (κ1) is 9.98. The van der Waals surface area contributed by atoms with Crippen LogP contribution in [0.1, 0.15) is 13.0 Å². The third-order valence-corrected chi connectivity index (χ3v) is 1.37.